The number of aromatic nitrogens is 1. The van der Waals surface area contributed by atoms with Gasteiger partial charge in [-0.15, -0.1) is 0 Å². The summed E-state index contributed by atoms with van der Waals surface area (Å²) >= 11 is 0. The molecule has 0 aliphatic heterocycles. The van der Waals surface area contributed by atoms with Gasteiger partial charge in [-0.1, -0.05) is 17.7 Å². The van der Waals surface area contributed by atoms with E-state index in [0.717, 1.165) is 22.3 Å². The number of hydrogen-bond acceptors (Lipinski definition) is 2. The van der Waals surface area contributed by atoms with E-state index >= 15 is 0 Å². The van der Waals surface area contributed by atoms with Crippen molar-refractivity contribution in [3.8, 4) is 11.5 Å². The van der Waals surface area contributed by atoms with Gasteiger partial charge in [-0.05, 0) is 51.1 Å². The van der Waals surface area contributed by atoms with Gasteiger partial charge in [0.2, 0.25) is 0 Å². The van der Waals surface area contributed by atoms with Crippen molar-refractivity contribution in [1.29, 1.82) is 0 Å². The molecule has 3 rings (SSSR count). The highest BCUT2D eigenvalue weighted by molar-refractivity contribution is 5.82. The Labute approximate surface area is 130 Å². The van der Waals surface area contributed by atoms with Crippen molar-refractivity contribution < 1.29 is 9.84 Å². The van der Waals surface area contributed by atoms with Crippen LogP contribution in [0.25, 0.3) is 10.9 Å². The van der Waals surface area contributed by atoms with Crippen LogP contribution in [0.4, 0.5) is 0 Å². The minimum atomic E-state index is 0.290. The quantitative estimate of drug-likeness (QED) is 0.749. The molecule has 0 saturated heterocycles. The maximum atomic E-state index is 9.74. The lowest BCUT2D eigenvalue weighted by atomic mass is 10.2. The third-order valence-electron chi connectivity index (χ3n) is 3.83. The minimum Gasteiger partial charge on any atom is -0.508 e. The molecule has 0 spiro atoms. The summed E-state index contributed by atoms with van der Waals surface area (Å²) in [7, 11) is 0. The van der Waals surface area contributed by atoms with Gasteiger partial charge >= 0.3 is 0 Å². The van der Waals surface area contributed by atoms with Crippen LogP contribution in [0.1, 0.15) is 31.1 Å². The average Bonchev–Trinajstić information content (AvgIpc) is 2.84. The zero-order valence-electron chi connectivity index (χ0n) is 13.2. The lowest BCUT2D eigenvalue weighted by Gasteiger charge is -2.15. The number of nitrogens with zero attached hydrogens (tertiary/aromatic N) is 1. The summed E-state index contributed by atoms with van der Waals surface area (Å²) in [5.74, 6) is 1.16. The van der Waals surface area contributed by atoms with Crippen LogP contribution in [-0.4, -0.2) is 9.67 Å². The Kier molecular flexibility index (Phi) is 3.80. The molecule has 0 aliphatic carbocycles. The summed E-state index contributed by atoms with van der Waals surface area (Å²) in [6.07, 6.45) is 0. The fraction of sp³-hybridized carbons (Fsp3) is 0.263. The fourth-order valence-corrected chi connectivity index (χ4v) is 2.78. The van der Waals surface area contributed by atoms with Crippen LogP contribution in [0.3, 0.4) is 0 Å². The van der Waals surface area contributed by atoms with Crippen molar-refractivity contribution in [1.82, 2.24) is 4.57 Å². The Hall–Kier alpha value is -2.42. The summed E-state index contributed by atoms with van der Waals surface area (Å²) in [5.41, 5.74) is 3.37. The number of hydrogen-bond donors (Lipinski definition) is 1. The lowest BCUT2D eigenvalue weighted by molar-refractivity contribution is 0.293. The molecule has 0 atom stereocenters. The Bertz CT molecular complexity index is 785. The van der Waals surface area contributed by atoms with Gasteiger partial charge in [0, 0.05) is 17.5 Å². The molecule has 1 aromatic heterocycles. The van der Waals surface area contributed by atoms with Crippen LogP contribution in [0, 0.1) is 6.92 Å². The van der Waals surface area contributed by atoms with E-state index in [9.17, 15) is 5.11 Å². The first-order valence-electron chi connectivity index (χ1n) is 7.57. The molecule has 22 heavy (non-hydrogen) atoms. The molecule has 0 saturated carbocycles. The summed E-state index contributed by atoms with van der Waals surface area (Å²) in [4.78, 5) is 0. The number of benzene rings is 2. The van der Waals surface area contributed by atoms with Crippen LogP contribution >= 0.6 is 0 Å². The van der Waals surface area contributed by atoms with E-state index in [1.54, 1.807) is 6.07 Å². The highest BCUT2D eigenvalue weighted by atomic mass is 16.5. The minimum absolute atomic E-state index is 0.290. The molecule has 0 amide bonds. The second-order valence-electron chi connectivity index (χ2n) is 5.94. The zero-order chi connectivity index (χ0) is 15.7. The predicted molar refractivity (Wildman–Crippen MR) is 89.5 cm³/mol. The number of aryl methyl sites for hydroxylation is 1. The van der Waals surface area contributed by atoms with E-state index in [2.05, 4.69) is 31.4 Å². The normalized spacial score (nSPS) is 11.3. The van der Waals surface area contributed by atoms with Crippen molar-refractivity contribution >= 4 is 10.9 Å². The molecule has 3 nitrogen and oxygen atoms in total. The molecule has 0 bridgehead atoms. The van der Waals surface area contributed by atoms with Gasteiger partial charge in [-0.3, -0.25) is 0 Å². The van der Waals surface area contributed by atoms with Gasteiger partial charge in [0.15, 0.2) is 0 Å². The van der Waals surface area contributed by atoms with Crippen molar-refractivity contribution in [3.63, 3.8) is 0 Å². The number of phenolic OH excluding ortho intramolecular Hbond substituents is 1. The predicted octanol–water partition coefficient (Wildman–Crippen LogP) is 4.82. The van der Waals surface area contributed by atoms with Crippen LogP contribution < -0.4 is 4.74 Å². The average molecular weight is 295 g/mol. The van der Waals surface area contributed by atoms with Crippen molar-refractivity contribution in [2.24, 2.45) is 0 Å². The number of ether oxygens (including phenoxy) is 1. The van der Waals surface area contributed by atoms with Crippen molar-refractivity contribution in [3.05, 3.63) is 59.8 Å². The molecule has 3 heteroatoms. The molecule has 1 heterocycles. The van der Waals surface area contributed by atoms with E-state index < -0.39 is 0 Å². The number of phenols is 1. The van der Waals surface area contributed by atoms with E-state index in [1.165, 1.54) is 5.56 Å². The largest absolute Gasteiger partial charge is 0.508 e. The first kappa shape index (κ1) is 14.5. The van der Waals surface area contributed by atoms with Gasteiger partial charge in [-0.2, -0.15) is 0 Å². The third kappa shape index (κ3) is 2.80. The second kappa shape index (κ2) is 5.76. The molecule has 3 aromatic rings. The molecule has 1 N–H and O–H groups in total. The Morgan fingerprint density at radius 3 is 2.45 bits per heavy atom. The smallest absolute Gasteiger partial charge is 0.128 e. The van der Waals surface area contributed by atoms with E-state index in [-0.39, 0.29) is 0 Å². The first-order chi connectivity index (χ1) is 10.5. The van der Waals surface area contributed by atoms with Crippen molar-refractivity contribution in [2.75, 3.05) is 0 Å². The maximum absolute atomic E-state index is 9.74. The molecular formula is C19H21NO2. The van der Waals surface area contributed by atoms with Crippen LogP contribution in [-0.2, 0) is 6.61 Å². The third-order valence-corrected chi connectivity index (χ3v) is 3.83. The zero-order valence-corrected chi connectivity index (χ0v) is 13.2. The molecule has 0 aliphatic rings. The molecule has 0 radical (unpaired) electrons. The summed E-state index contributed by atoms with van der Waals surface area (Å²) in [6, 6.07) is 16.0. The Morgan fingerprint density at radius 2 is 1.77 bits per heavy atom. The summed E-state index contributed by atoms with van der Waals surface area (Å²) in [6.45, 7) is 6.85. The Balaban J connectivity index is 1.92. The van der Waals surface area contributed by atoms with Gasteiger partial charge in [0.25, 0.3) is 0 Å². The van der Waals surface area contributed by atoms with E-state index in [4.69, 9.17) is 4.74 Å². The molecular weight excluding hydrogens is 274 g/mol. The lowest BCUT2D eigenvalue weighted by Crippen LogP contribution is -2.08. The standard InChI is InChI=1S/C19H21NO2/c1-13(2)20-16(10-15-6-7-17(21)11-19(15)20)12-22-18-8-4-14(3)5-9-18/h4-11,13,21H,12H2,1-3H3. The summed E-state index contributed by atoms with van der Waals surface area (Å²) < 4.78 is 8.13. The van der Waals surface area contributed by atoms with E-state index in [1.807, 2.05) is 36.4 Å². The summed E-state index contributed by atoms with van der Waals surface area (Å²) in [5, 5.41) is 10.9. The maximum Gasteiger partial charge on any atom is 0.128 e. The highest BCUT2D eigenvalue weighted by Gasteiger charge is 2.12. The van der Waals surface area contributed by atoms with Crippen LogP contribution in [0.2, 0.25) is 0 Å². The second-order valence-corrected chi connectivity index (χ2v) is 5.94. The molecule has 114 valence electrons. The van der Waals surface area contributed by atoms with Gasteiger partial charge in [-0.25, -0.2) is 0 Å². The fourth-order valence-electron chi connectivity index (χ4n) is 2.78. The Morgan fingerprint density at radius 1 is 1.05 bits per heavy atom. The van der Waals surface area contributed by atoms with Gasteiger partial charge in [0.05, 0.1) is 11.2 Å². The van der Waals surface area contributed by atoms with Gasteiger partial charge < -0.3 is 14.4 Å². The van der Waals surface area contributed by atoms with E-state index in [0.29, 0.717) is 18.4 Å². The van der Waals surface area contributed by atoms with Gasteiger partial charge in [0.1, 0.15) is 18.1 Å². The van der Waals surface area contributed by atoms with Crippen LogP contribution in [0.15, 0.2) is 48.5 Å². The number of rotatable bonds is 4. The SMILES string of the molecule is Cc1ccc(OCc2cc3ccc(O)cc3n2C(C)C)cc1. The molecule has 2 aromatic carbocycles. The van der Waals surface area contributed by atoms with Crippen LogP contribution in [0.5, 0.6) is 11.5 Å². The monoisotopic (exact) mass is 295 g/mol. The van der Waals surface area contributed by atoms with Crippen molar-refractivity contribution in [2.45, 2.75) is 33.4 Å². The highest BCUT2D eigenvalue weighted by Crippen LogP contribution is 2.28. The number of aromatic hydroxyl groups is 1. The molecule has 0 fully saturated rings. The first-order valence-corrected chi connectivity index (χ1v) is 7.57. The topological polar surface area (TPSA) is 34.4 Å². The number of fused-ring (bicyclic) bond motifs is 1. The molecule has 0 unspecified atom stereocenters.